The van der Waals surface area contributed by atoms with Gasteiger partial charge in [-0.25, -0.2) is 0 Å². The predicted molar refractivity (Wildman–Crippen MR) is 76.6 cm³/mol. The van der Waals surface area contributed by atoms with Gasteiger partial charge in [-0.3, -0.25) is 4.68 Å². The van der Waals surface area contributed by atoms with E-state index in [2.05, 4.69) is 29.1 Å². The Bertz CT molecular complexity index is 373. The van der Waals surface area contributed by atoms with Gasteiger partial charge < -0.3 is 10.6 Å². The van der Waals surface area contributed by atoms with Crippen LogP contribution in [0.1, 0.15) is 45.2 Å². The molecule has 1 saturated heterocycles. The molecule has 0 spiro atoms. The van der Waals surface area contributed by atoms with Crippen molar-refractivity contribution in [3.63, 3.8) is 0 Å². The SMILES string of the molecule is CCC1(CC)CCN(CCn2cc(CN)nn2)CC1. The Labute approximate surface area is 116 Å². The maximum absolute atomic E-state index is 5.54. The fraction of sp³-hybridized carbons (Fsp3) is 0.857. The molecule has 0 saturated carbocycles. The standard InChI is InChI=1S/C14H27N5/c1-3-14(4-2)5-7-18(8-6-14)9-10-19-12-13(11-15)16-17-19/h12H,3-11,15H2,1-2H3. The second-order valence-electron chi connectivity index (χ2n) is 5.73. The van der Waals surface area contributed by atoms with Gasteiger partial charge in [0.1, 0.15) is 0 Å². The molecular weight excluding hydrogens is 238 g/mol. The van der Waals surface area contributed by atoms with E-state index in [1.165, 1.54) is 38.8 Å². The highest BCUT2D eigenvalue weighted by atomic mass is 15.4. The third kappa shape index (κ3) is 3.54. The molecule has 5 heteroatoms. The number of hydrogen-bond acceptors (Lipinski definition) is 4. The maximum Gasteiger partial charge on any atom is 0.0962 e. The molecule has 1 fully saturated rings. The van der Waals surface area contributed by atoms with Crippen molar-refractivity contribution in [1.29, 1.82) is 0 Å². The fourth-order valence-corrected chi connectivity index (χ4v) is 2.99. The van der Waals surface area contributed by atoms with Crippen molar-refractivity contribution in [1.82, 2.24) is 19.9 Å². The van der Waals surface area contributed by atoms with E-state index >= 15 is 0 Å². The second kappa shape index (κ2) is 6.48. The van der Waals surface area contributed by atoms with Crippen LogP contribution in [-0.2, 0) is 13.1 Å². The monoisotopic (exact) mass is 265 g/mol. The van der Waals surface area contributed by atoms with Gasteiger partial charge in [-0.1, -0.05) is 31.9 Å². The first-order valence-electron chi connectivity index (χ1n) is 7.53. The average molecular weight is 265 g/mol. The van der Waals surface area contributed by atoms with E-state index in [-0.39, 0.29) is 0 Å². The summed E-state index contributed by atoms with van der Waals surface area (Å²) < 4.78 is 1.91. The molecule has 0 aliphatic carbocycles. The number of likely N-dealkylation sites (tertiary alicyclic amines) is 1. The van der Waals surface area contributed by atoms with Gasteiger partial charge in [0.15, 0.2) is 0 Å². The van der Waals surface area contributed by atoms with Crippen LogP contribution in [0.3, 0.4) is 0 Å². The summed E-state index contributed by atoms with van der Waals surface area (Å²) in [6.07, 6.45) is 7.27. The van der Waals surface area contributed by atoms with Crippen molar-refractivity contribution < 1.29 is 0 Å². The van der Waals surface area contributed by atoms with Gasteiger partial charge in [0.05, 0.1) is 12.2 Å². The summed E-state index contributed by atoms with van der Waals surface area (Å²) in [4.78, 5) is 2.55. The first kappa shape index (κ1) is 14.5. The third-order valence-corrected chi connectivity index (χ3v) is 4.86. The zero-order valence-electron chi connectivity index (χ0n) is 12.3. The van der Waals surface area contributed by atoms with Crippen molar-refractivity contribution in [2.45, 2.75) is 52.6 Å². The van der Waals surface area contributed by atoms with E-state index in [1.54, 1.807) is 0 Å². The topological polar surface area (TPSA) is 60.0 Å². The maximum atomic E-state index is 5.54. The van der Waals surface area contributed by atoms with Gasteiger partial charge in [-0.2, -0.15) is 0 Å². The minimum absolute atomic E-state index is 0.471. The molecule has 0 atom stereocenters. The van der Waals surface area contributed by atoms with E-state index < -0.39 is 0 Å². The molecule has 1 aromatic heterocycles. The molecule has 0 unspecified atom stereocenters. The molecule has 2 N–H and O–H groups in total. The third-order valence-electron chi connectivity index (χ3n) is 4.86. The lowest BCUT2D eigenvalue weighted by Crippen LogP contribution is -2.40. The Balaban J connectivity index is 1.76. The number of aromatic nitrogens is 3. The largest absolute Gasteiger partial charge is 0.325 e. The predicted octanol–water partition coefficient (Wildman–Crippen LogP) is 1.64. The van der Waals surface area contributed by atoms with Crippen molar-refractivity contribution in [3.8, 4) is 0 Å². The highest BCUT2D eigenvalue weighted by Gasteiger charge is 2.30. The summed E-state index contributed by atoms with van der Waals surface area (Å²) in [5.41, 5.74) is 7.01. The lowest BCUT2D eigenvalue weighted by Gasteiger charge is -2.41. The number of nitrogens with zero attached hydrogens (tertiary/aromatic N) is 4. The fourth-order valence-electron chi connectivity index (χ4n) is 2.99. The van der Waals surface area contributed by atoms with Crippen LogP contribution in [0, 0.1) is 5.41 Å². The van der Waals surface area contributed by atoms with Crippen LogP contribution >= 0.6 is 0 Å². The van der Waals surface area contributed by atoms with Gasteiger partial charge in [0, 0.05) is 19.3 Å². The summed E-state index contributed by atoms with van der Waals surface area (Å²) in [6.45, 7) is 9.57. The molecule has 5 nitrogen and oxygen atoms in total. The van der Waals surface area contributed by atoms with Crippen molar-refractivity contribution >= 4 is 0 Å². The summed E-state index contributed by atoms with van der Waals surface area (Å²) in [7, 11) is 0. The number of piperidine rings is 1. The Kier molecular flexibility index (Phi) is 4.93. The molecule has 19 heavy (non-hydrogen) atoms. The first-order chi connectivity index (χ1) is 9.21. The lowest BCUT2D eigenvalue weighted by atomic mass is 9.74. The van der Waals surface area contributed by atoms with E-state index in [9.17, 15) is 0 Å². The van der Waals surface area contributed by atoms with Crippen LogP contribution in [0.2, 0.25) is 0 Å². The highest BCUT2D eigenvalue weighted by molar-refractivity contribution is 4.90. The molecule has 2 heterocycles. The minimum atomic E-state index is 0.471. The summed E-state index contributed by atoms with van der Waals surface area (Å²) >= 11 is 0. The van der Waals surface area contributed by atoms with Crippen molar-refractivity contribution in [2.75, 3.05) is 19.6 Å². The Morgan fingerprint density at radius 3 is 2.42 bits per heavy atom. The molecule has 1 aliphatic heterocycles. The Morgan fingerprint density at radius 1 is 1.21 bits per heavy atom. The summed E-state index contributed by atoms with van der Waals surface area (Å²) in [6, 6.07) is 0. The Hall–Kier alpha value is -0.940. The molecule has 0 aromatic carbocycles. The number of nitrogens with two attached hydrogens (primary N) is 1. The zero-order valence-corrected chi connectivity index (χ0v) is 12.3. The molecule has 0 radical (unpaired) electrons. The van der Waals surface area contributed by atoms with Crippen LogP contribution in [-0.4, -0.2) is 39.5 Å². The van der Waals surface area contributed by atoms with Crippen molar-refractivity contribution in [2.24, 2.45) is 11.1 Å². The summed E-state index contributed by atoms with van der Waals surface area (Å²) in [5, 5.41) is 8.11. The normalized spacial score (nSPS) is 19.7. The van der Waals surface area contributed by atoms with Crippen LogP contribution in [0.25, 0.3) is 0 Å². The Morgan fingerprint density at radius 2 is 1.89 bits per heavy atom. The quantitative estimate of drug-likeness (QED) is 0.849. The molecule has 0 amide bonds. The van der Waals surface area contributed by atoms with Crippen LogP contribution in [0.15, 0.2) is 6.20 Å². The van der Waals surface area contributed by atoms with Gasteiger partial charge in [-0.15, -0.1) is 5.10 Å². The smallest absolute Gasteiger partial charge is 0.0962 e. The molecular formula is C14H27N5. The van der Waals surface area contributed by atoms with E-state index in [1.807, 2.05) is 10.9 Å². The molecule has 0 bridgehead atoms. The van der Waals surface area contributed by atoms with E-state index in [0.717, 1.165) is 18.8 Å². The van der Waals surface area contributed by atoms with E-state index in [4.69, 9.17) is 5.73 Å². The van der Waals surface area contributed by atoms with E-state index in [0.29, 0.717) is 12.0 Å². The molecule has 1 aliphatic rings. The minimum Gasteiger partial charge on any atom is -0.325 e. The molecule has 2 rings (SSSR count). The van der Waals surface area contributed by atoms with Crippen LogP contribution in [0.5, 0.6) is 0 Å². The van der Waals surface area contributed by atoms with Crippen LogP contribution in [0.4, 0.5) is 0 Å². The number of rotatable bonds is 6. The number of hydrogen-bond donors (Lipinski definition) is 1. The molecule has 1 aromatic rings. The van der Waals surface area contributed by atoms with Crippen molar-refractivity contribution in [3.05, 3.63) is 11.9 Å². The van der Waals surface area contributed by atoms with Gasteiger partial charge in [-0.05, 0) is 31.3 Å². The molecule has 108 valence electrons. The first-order valence-corrected chi connectivity index (χ1v) is 7.53. The van der Waals surface area contributed by atoms with Gasteiger partial charge >= 0.3 is 0 Å². The average Bonchev–Trinajstić information content (AvgIpc) is 2.94. The summed E-state index contributed by atoms with van der Waals surface area (Å²) in [5.74, 6) is 0. The zero-order chi connectivity index (χ0) is 13.7. The van der Waals surface area contributed by atoms with Crippen LogP contribution < -0.4 is 5.73 Å². The van der Waals surface area contributed by atoms with Gasteiger partial charge in [0.2, 0.25) is 0 Å². The second-order valence-corrected chi connectivity index (χ2v) is 5.73. The highest BCUT2D eigenvalue weighted by Crippen LogP contribution is 2.37. The van der Waals surface area contributed by atoms with Gasteiger partial charge in [0.25, 0.3) is 0 Å². The lowest BCUT2D eigenvalue weighted by molar-refractivity contribution is 0.0923.